The van der Waals surface area contributed by atoms with Gasteiger partial charge in [0.2, 0.25) is 11.8 Å². The number of hydrogen-bond acceptors (Lipinski definition) is 5. The van der Waals surface area contributed by atoms with Crippen molar-refractivity contribution in [3.8, 4) is 5.75 Å². The second-order valence-corrected chi connectivity index (χ2v) is 9.15. The number of hydrogen-bond donors (Lipinski definition) is 3. The van der Waals surface area contributed by atoms with E-state index in [9.17, 15) is 9.59 Å². The van der Waals surface area contributed by atoms with Gasteiger partial charge in [0.25, 0.3) is 0 Å². The van der Waals surface area contributed by atoms with Crippen LogP contribution in [0.15, 0.2) is 66.9 Å². The van der Waals surface area contributed by atoms with Crippen LogP contribution < -0.4 is 20.7 Å². The summed E-state index contributed by atoms with van der Waals surface area (Å²) in [5.74, 6) is 0.696. The molecule has 0 saturated heterocycles. The van der Waals surface area contributed by atoms with Gasteiger partial charge in [-0.1, -0.05) is 55.1 Å². The van der Waals surface area contributed by atoms with E-state index in [1.165, 1.54) is 0 Å². The molecule has 0 spiro atoms. The van der Waals surface area contributed by atoms with Crippen molar-refractivity contribution in [3.05, 3.63) is 78.0 Å². The number of aryl methyl sites for hydroxylation is 1. The molecule has 2 aromatic carbocycles. The average molecular weight is 479 g/mol. The maximum atomic E-state index is 13.2. The van der Waals surface area contributed by atoms with E-state index < -0.39 is 6.04 Å². The number of amides is 2. The Labute approximate surface area is 208 Å². The molecule has 0 fully saturated rings. The van der Waals surface area contributed by atoms with Gasteiger partial charge in [0, 0.05) is 32.3 Å². The normalized spacial score (nSPS) is 23.2. The topological polar surface area (TPSA) is 82.7 Å². The lowest BCUT2D eigenvalue weighted by Crippen LogP contribution is -2.50. The van der Waals surface area contributed by atoms with Crippen LogP contribution in [-0.2, 0) is 22.4 Å². The highest BCUT2D eigenvalue weighted by Crippen LogP contribution is 2.21. The first kappa shape index (κ1) is 26.3. The molecule has 0 radical (unpaired) electrons. The molecule has 1 aliphatic rings. The Morgan fingerprint density at radius 3 is 2.54 bits per heavy atom. The molecule has 0 saturated carbocycles. The molecule has 188 valence electrons. The monoisotopic (exact) mass is 478 g/mol. The lowest BCUT2D eigenvalue weighted by Gasteiger charge is -2.30. The summed E-state index contributed by atoms with van der Waals surface area (Å²) in [5, 5.41) is 9.58. The van der Waals surface area contributed by atoms with E-state index in [0.29, 0.717) is 25.2 Å². The quantitative estimate of drug-likeness (QED) is 0.618. The third kappa shape index (κ3) is 7.86. The second-order valence-electron chi connectivity index (χ2n) is 9.15. The van der Waals surface area contributed by atoms with Crippen molar-refractivity contribution in [2.45, 2.75) is 51.3 Å². The van der Waals surface area contributed by atoms with Crippen LogP contribution in [0, 0.1) is 0 Å². The van der Waals surface area contributed by atoms with Crippen LogP contribution in [0.4, 0.5) is 0 Å². The minimum Gasteiger partial charge on any atom is -0.489 e. The predicted molar refractivity (Wildman–Crippen MR) is 139 cm³/mol. The largest absolute Gasteiger partial charge is 0.489 e. The van der Waals surface area contributed by atoms with Crippen molar-refractivity contribution >= 4 is 11.8 Å². The van der Waals surface area contributed by atoms with Crippen LogP contribution in [0.5, 0.6) is 5.75 Å². The van der Waals surface area contributed by atoms with E-state index in [1.807, 2.05) is 62.4 Å². The van der Waals surface area contributed by atoms with Crippen LogP contribution in [0.25, 0.3) is 0 Å². The van der Waals surface area contributed by atoms with Crippen molar-refractivity contribution in [2.24, 2.45) is 0 Å². The Kier molecular flexibility index (Phi) is 9.73. The highest BCUT2D eigenvalue weighted by molar-refractivity contribution is 5.82. The van der Waals surface area contributed by atoms with E-state index in [1.54, 1.807) is 11.9 Å². The standard InChI is InChI=1S/C28H38N4O3/c1-20-18-29-19-27(33)32(4)22(3)21(2)31-25(17-23-11-6-5-7-12-23)28(34)30-16-10-14-24-13-8-9-15-26(24)35-20/h5-9,11-13,15,20,22,25,29,31H,2,10,14,16-19H2,1,3-4H3,(H,30,34)/t20-,22-,25-/m1/s1. The van der Waals surface area contributed by atoms with Gasteiger partial charge in [-0.25, -0.2) is 0 Å². The van der Waals surface area contributed by atoms with Crippen LogP contribution in [-0.4, -0.2) is 61.6 Å². The number of nitrogens with one attached hydrogen (secondary N) is 3. The van der Waals surface area contributed by atoms with Crippen LogP contribution in [0.2, 0.25) is 0 Å². The van der Waals surface area contributed by atoms with E-state index >= 15 is 0 Å². The second kappa shape index (κ2) is 13.0. The van der Waals surface area contributed by atoms with Gasteiger partial charge >= 0.3 is 0 Å². The van der Waals surface area contributed by atoms with Crippen LogP contribution in [0.1, 0.15) is 31.4 Å². The summed E-state index contributed by atoms with van der Waals surface area (Å²) < 4.78 is 6.15. The van der Waals surface area contributed by atoms with Crippen molar-refractivity contribution in [2.75, 3.05) is 26.7 Å². The number of likely N-dealkylation sites (N-methyl/N-ethyl adjacent to an activating group) is 1. The minimum absolute atomic E-state index is 0.0572. The van der Waals surface area contributed by atoms with E-state index in [0.717, 1.165) is 29.7 Å². The fraction of sp³-hybridized carbons (Fsp3) is 0.429. The molecule has 2 aromatic rings. The van der Waals surface area contributed by atoms with Gasteiger partial charge in [-0.05, 0) is 43.9 Å². The summed E-state index contributed by atoms with van der Waals surface area (Å²) >= 11 is 0. The molecule has 0 aromatic heterocycles. The zero-order valence-electron chi connectivity index (χ0n) is 21.0. The molecule has 7 heteroatoms. The summed E-state index contributed by atoms with van der Waals surface area (Å²) in [6, 6.07) is 17.1. The molecule has 2 amide bonds. The van der Waals surface area contributed by atoms with Crippen molar-refractivity contribution in [1.82, 2.24) is 20.9 Å². The first-order valence-corrected chi connectivity index (χ1v) is 12.3. The van der Waals surface area contributed by atoms with Gasteiger partial charge in [0.1, 0.15) is 17.9 Å². The van der Waals surface area contributed by atoms with Gasteiger partial charge < -0.3 is 25.6 Å². The third-order valence-electron chi connectivity index (χ3n) is 6.37. The molecule has 3 atom stereocenters. The Hall–Kier alpha value is -3.32. The predicted octanol–water partition coefficient (Wildman–Crippen LogP) is 2.67. The summed E-state index contributed by atoms with van der Waals surface area (Å²) in [6.07, 6.45) is 2.01. The van der Waals surface area contributed by atoms with Crippen molar-refractivity contribution in [1.29, 1.82) is 0 Å². The van der Waals surface area contributed by atoms with Crippen LogP contribution >= 0.6 is 0 Å². The summed E-state index contributed by atoms with van der Waals surface area (Å²) in [7, 11) is 1.75. The summed E-state index contributed by atoms with van der Waals surface area (Å²) in [6.45, 7) is 9.34. The zero-order valence-corrected chi connectivity index (χ0v) is 21.0. The van der Waals surface area contributed by atoms with Crippen LogP contribution in [0.3, 0.4) is 0 Å². The van der Waals surface area contributed by atoms with Gasteiger partial charge in [-0.3, -0.25) is 9.59 Å². The Bertz CT molecular complexity index is 995. The summed E-state index contributed by atoms with van der Waals surface area (Å²) in [4.78, 5) is 27.6. The molecule has 1 aliphatic heterocycles. The van der Waals surface area contributed by atoms with E-state index in [2.05, 4.69) is 28.6 Å². The lowest BCUT2D eigenvalue weighted by atomic mass is 10.0. The first-order valence-electron chi connectivity index (χ1n) is 12.3. The molecular formula is C28H38N4O3. The smallest absolute Gasteiger partial charge is 0.242 e. The Morgan fingerprint density at radius 1 is 1.06 bits per heavy atom. The number of rotatable bonds is 2. The highest BCUT2D eigenvalue weighted by Gasteiger charge is 2.24. The van der Waals surface area contributed by atoms with Crippen molar-refractivity contribution < 1.29 is 14.3 Å². The zero-order chi connectivity index (χ0) is 25.2. The summed E-state index contributed by atoms with van der Waals surface area (Å²) in [5.41, 5.74) is 2.78. The maximum absolute atomic E-state index is 13.2. The molecule has 3 rings (SSSR count). The SMILES string of the molecule is C=C1N[C@H](Cc2ccccc2)C(=O)NCCCc2ccccc2O[C@H](C)CNCC(=O)N(C)[C@@H]1C. The van der Waals surface area contributed by atoms with Crippen molar-refractivity contribution in [3.63, 3.8) is 0 Å². The van der Waals surface area contributed by atoms with E-state index in [4.69, 9.17) is 4.74 Å². The molecule has 1 heterocycles. The van der Waals surface area contributed by atoms with Gasteiger partial charge in [-0.2, -0.15) is 0 Å². The number of nitrogens with zero attached hydrogens (tertiary/aromatic N) is 1. The van der Waals surface area contributed by atoms with Gasteiger partial charge in [0.15, 0.2) is 0 Å². The highest BCUT2D eigenvalue weighted by atomic mass is 16.5. The molecule has 3 N–H and O–H groups in total. The molecule has 0 unspecified atom stereocenters. The number of para-hydroxylation sites is 1. The Balaban J connectivity index is 1.78. The van der Waals surface area contributed by atoms with Gasteiger partial charge in [0.05, 0.1) is 12.6 Å². The average Bonchev–Trinajstić information content (AvgIpc) is 2.86. The van der Waals surface area contributed by atoms with E-state index in [-0.39, 0.29) is 30.5 Å². The van der Waals surface area contributed by atoms with Gasteiger partial charge in [-0.15, -0.1) is 0 Å². The molecular weight excluding hydrogens is 440 g/mol. The Morgan fingerprint density at radius 2 is 1.77 bits per heavy atom. The molecule has 7 nitrogen and oxygen atoms in total. The molecule has 0 bridgehead atoms. The molecule has 0 aliphatic carbocycles. The maximum Gasteiger partial charge on any atom is 0.242 e. The number of benzene rings is 2. The minimum atomic E-state index is -0.496. The fourth-order valence-electron chi connectivity index (χ4n) is 4.06. The third-order valence-corrected chi connectivity index (χ3v) is 6.37. The fourth-order valence-corrected chi connectivity index (χ4v) is 4.06. The first-order chi connectivity index (χ1) is 16.8. The molecule has 35 heavy (non-hydrogen) atoms. The number of fused-ring (bicyclic) bond motifs is 1. The number of carbonyl (C=O) groups is 2. The number of carbonyl (C=O) groups excluding carboxylic acids is 2. The number of ether oxygens (including phenoxy) is 1. The lowest BCUT2D eigenvalue weighted by molar-refractivity contribution is -0.130.